The van der Waals surface area contributed by atoms with Crippen molar-refractivity contribution in [3.8, 4) is 0 Å². The fourth-order valence-electron chi connectivity index (χ4n) is 2.89. The first-order valence-electron chi connectivity index (χ1n) is 6.94. The zero-order valence-electron chi connectivity index (χ0n) is 11.7. The summed E-state index contributed by atoms with van der Waals surface area (Å²) in [7, 11) is 0. The number of nitrogens with zero attached hydrogens (tertiary/aromatic N) is 2. The lowest BCUT2D eigenvalue weighted by atomic mass is 10.1. The number of carbonyl (C=O) groups is 1. The molecule has 0 aromatic rings. The lowest BCUT2D eigenvalue weighted by molar-refractivity contribution is -0.141. The SMILES string of the molecule is CC1CN(C(C)C(=O)N2CCOCC2)CC(C)N1. The van der Waals surface area contributed by atoms with Crippen molar-refractivity contribution < 1.29 is 9.53 Å². The van der Waals surface area contributed by atoms with Crippen LogP contribution >= 0.6 is 0 Å². The number of hydrogen-bond acceptors (Lipinski definition) is 4. The van der Waals surface area contributed by atoms with Crippen molar-refractivity contribution >= 4 is 5.91 Å². The van der Waals surface area contributed by atoms with E-state index in [1.165, 1.54) is 0 Å². The maximum Gasteiger partial charge on any atom is 0.239 e. The first kappa shape index (κ1) is 13.8. The molecule has 2 saturated heterocycles. The highest BCUT2D eigenvalue weighted by molar-refractivity contribution is 5.81. The summed E-state index contributed by atoms with van der Waals surface area (Å²) in [4.78, 5) is 16.7. The molecule has 3 atom stereocenters. The van der Waals surface area contributed by atoms with Gasteiger partial charge in [0.2, 0.25) is 5.91 Å². The van der Waals surface area contributed by atoms with Crippen molar-refractivity contribution in [3.63, 3.8) is 0 Å². The minimum absolute atomic E-state index is 0.0184. The fourth-order valence-corrected chi connectivity index (χ4v) is 2.89. The highest BCUT2D eigenvalue weighted by atomic mass is 16.5. The van der Waals surface area contributed by atoms with Crippen LogP contribution in [-0.4, -0.2) is 73.2 Å². The van der Waals surface area contributed by atoms with Crippen LogP contribution in [-0.2, 0) is 9.53 Å². The normalized spacial score (nSPS) is 32.3. The van der Waals surface area contributed by atoms with Crippen molar-refractivity contribution in [1.82, 2.24) is 15.1 Å². The molecule has 0 saturated carbocycles. The summed E-state index contributed by atoms with van der Waals surface area (Å²) in [6, 6.07) is 0.887. The van der Waals surface area contributed by atoms with Crippen LogP contribution < -0.4 is 5.32 Å². The third-order valence-electron chi connectivity index (χ3n) is 3.81. The molecule has 1 N–H and O–H groups in total. The molecule has 0 radical (unpaired) electrons. The Morgan fingerprint density at radius 1 is 1.22 bits per heavy atom. The van der Waals surface area contributed by atoms with Crippen molar-refractivity contribution in [3.05, 3.63) is 0 Å². The molecular weight excluding hydrogens is 230 g/mol. The molecular formula is C13H25N3O2. The third-order valence-corrected chi connectivity index (χ3v) is 3.81. The summed E-state index contributed by atoms with van der Waals surface area (Å²) in [5, 5.41) is 3.50. The molecule has 5 nitrogen and oxygen atoms in total. The van der Waals surface area contributed by atoms with Gasteiger partial charge in [0.15, 0.2) is 0 Å². The molecule has 1 amide bonds. The largest absolute Gasteiger partial charge is 0.378 e. The number of nitrogens with one attached hydrogen (secondary N) is 1. The van der Waals surface area contributed by atoms with Crippen LogP contribution in [0.25, 0.3) is 0 Å². The maximum atomic E-state index is 12.4. The molecule has 2 rings (SSSR count). The predicted molar refractivity (Wildman–Crippen MR) is 70.5 cm³/mol. The summed E-state index contributed by atoms with van der Waals surface area (Å²) in [6.07, 6.45) is 0. The molecule has 3 unspecified atom stereocenters. The van der Waals surface area contributed by atoms with Gasteiger partial charge >= 0.3 is 0 Å². The highest BCUT2D eigenvalue weighted by Gasteiger charge is 2.31. The summed E-state index contributed by atoms with van der Waals surface area (Å²) >= 11 is 0. The topological polar surface area (TPSA) is 44.8 Å². The zero-order valence-corrected chi connectivity index (χ0v) is 11.7. The number of piperazine rings is 1. The number of rotatable bonds is 2. The molecule has 0 bridgehead atoms. The first-order valence-corrected chi connectivity index (χ1v) is 6.94. The molecule has 2 fully saturated rings. The van der Waals surface area contributed by atoms with E-state index in [9.17, 15) is 4.79 Å². The summed E-state index contributed by atoms with van der Waals surface area (Å²) < 4.78 is 5.29. The van der Waals surface area contributed by atoms with Gasteiger partial charge in [0.25, 0.3) is 0 Å². The van der Waals surface area contributed by atoms with E-state index in [4.69, 9.17) is 4.74 Å². The lowest BCUT2D eigenvalue weighted by Gasteiger charge is -2.41. The monoisotopic (exact) mass is 255 g/mol. The second-order valence-corrected chi connectivity index (χ2v) is 5.54. The fraction of sp³-hybridized carbons (Fsp3) is 0.923. The molecule has 0 spiro atoms. The molecule has 5 heteroatoms. The predicted octanol–water partition coefficient (Wildman–Crippen LogP) is -0.0841. The molecule has 0 aromatic heterocycles. The number of hydrogen-bond donors (Lipinski definition) is 1. The Hall–Kier alpha value is -0.650. The van der Waals surface area contributed by atoms with E-state index in [0.29, 0.717) is 25.3 Å². The summed E-state index contributed by atoms with van der Waals surface area (Å²) in [6.45, 7) is 11.1. The number of amides is 1. The third kappa shape index (κ3) is 3.22. The Bertz CT molecular complexity index is 282. The molecule has 2 aliphatic heterocycles. The average molecular weight is 255 g/mol. The van der Waals surface area contributed by atoms with Crippen molar-refractivity contribution in [2.75, 3.05) is 39.4 Å². The van der Waals surface area contributed by atoms with Crippen LogP contribution in [0.3, 0.4) is 0 Å². The minimum Gasteiger partial charge on any atom is -0.378 e. The number of morpholine rings is 1. The van der Waals surface area contributed by atoms with Crippen LogP contribution in [0.15, 0.2) is 0 Å². The van der Waals surface area contributed by atoms with Crippen molar-refractivity contribution in [2.24, 2.45) is 0 Å². The van der Waals surface area contributed by atoms with Crippen LogP contribution in [0.1, 0.15) is 20.8 Å². The Balaban J connectivity index is 1.92. The van der Waals surface area contributed by atoms with E-state index in [1.54, 1.807) is 0 Å². The first-order chi connectivity index (χ1) is 8.58. The quantitative estimate of drug-likeness (QED) is 0.749. The molecule has 104 valence electrons. The van der Waals surface area contributed by atoms with Gasteiger partial charge in [0.1, 0.15) is 0 Å². The zero-order chi connectivity index (χ0) is 13.1. The molecule has 18 heavy (non-hydrogen) atoms. The minimum atomic E-state index is -0.0184. The van der Waals surface area contributed by atoms with E-state index < -0.39 is 0 Å². The van der Waals surface area contributed by atoms with Gasteiger partial charge in [-0.25, -0.2) is 0 Å². The average Bonchev–Trinajstić information content (AvgIpc) is 2.37. The Morgan fingerprint density at radius 3 is 2.33 bits per heavy atom. The molecule has 0 aliphatic carbocycles. The van der Waals surface area contributed by atoms with Gasteiger partial charge in [-0.1, -0.05) is 0 Å². The smallest absolute Gasteiger partial charge is 0.239 e. The summed E-state index contributed by atoms with van der Waals surface area (Å²) in [5.41, 5.74) is 0. The van der Waals surface area contributed by atoms with Crippen molar-refractivity contribution in [1.29, 1.82) is 0 Å². The Labute approximate surface area is 109 Å². The van der Waals surface area contributed by atoms with Gasteiger partial charge in [0, 0.05) is 38.3 Å². The molecule has 0 aromatic carbocycles. The van der Waals surface area contributed by atoms with Gasteiger partial charge in [-0.3, -0.25) is 9.69 Å². The van der Waals surface area contributed by atoms with Gasteiger partial charge in [-0.15, -0.1) is 0 Å². The standard InChI is InChI=1S/C13H25N3O2/c1-10-8-16(9-11(2)14-10)12(3)13(17)15-4-6-18-7-5-15/h10-12,14H,4-9H2,1-3H3. The van der Waals surface area contributed by atoms with Gasteiger partial charge in [0.05, 0.1) is 19.3 Å². The van der Waals surface area contributed by atoms with E-state index >= 15 is 0 Å². The van der Waals surface area contributed by atoms with E-state index in [2.05, 4.69) is 24.1 Å². The molecule has 2 aliphatic rings. The van der Waals surface area contributed by atoms with Crippen LogP contribution in [0.5, 0.6) is 0 Å². The van der Waals surface area contributed by atoms with Crippen LogP contribution in [0, 0.1) is 0 Å². The second-order valence-electron chi connectivity index (χ2n) is 5.54. The Kier molecular flexibility index (Phi) is 4.59. The number of ether oxygens (including phenoxy) is 1. The number of carbonyl (C=O) groups excluding carboxylic acids is 1. The van der Waals surface area contributed by atoms with Crippen LogP contribution in [0.2, 0.25) is 0 Å². The maximum absolute atomic E-state index is 12.4. The summed E-state index contributed by atoms with van der Waals surface area (Å²) in [5.74, 6) is 0.250. The van der Waals surface area contributed by atoms with Gasteiger partial charge < -0.3 is 15.0 Å². The lowest BCUT2D eigenvalue weighted by Crippen LogP contribution is -2.60. The van der Waals surface area contributed by atoms with Gasteiger partial charge in [-0.2, -0.15) is 0 Å². The van der Waals surface area contributed by atoms with E-state index in [-0.39, 0.29) is 11.9 Å². The van der Waals surface area contributed by atoms with E-state index in [0.717, 1.165) is 26.2 Å². The van der Waals surface area contributed by atoms with Crippen LogP contribution in [0.4, 0.5) is 0 Å². The Morgan fingerprint density at radius 2 is 1.78 bits per heavy atom. The van der Waals surface area contributed by atoms with Gasteiger partial charge in [-0.05, 0) is 20.8 Å². The van der Waals surface area contributed by atoms with E-state index in [1.807, 2.05) is 11.8 Å². The molecule has 2 heterocycles. The van der Waals surface area contributed by atoms with Crippen molar-refractivity contribution in [2.45, 2.75) is 38.9 Å². The second kappa shape index (κ2) is 5.99. The highest BCUT2D eigenvalue weighted by Crippen LogP contribution is 2.11.